The number of ether oxygens (including phenoxy) is 2. The first kappa shape index (κ1) is 28.7. The molecule has 3 rings (SSSR count). The van der Waals surface area contributed by atoms with Crippen LogP contribution in [0.5, 0.6) is 5.88 Å². The molecule has 3 aromatic rings. The van der Waals surface area contributed by atoms with Crippen LogP contribution in [0.4, 0.5) is 5.95 Å². The molecule has 2 heterocycles. The summed E-state index contributed by atoms with van der Waals surface area (Å²) in [6, 6.07) is 7.31. The normalized spacial score (nSPS) is 11.7. The Bertz CT molecular complexity index is 1390. The Morgan fingerprint density at radius 2 is 1.69 bits per heavy atom. The van der Waals surface area contributed by atoms with E-state index in [0.717, 1.165) is 5.56 Å². The van der Waals surface area contributed by atoms with Crippen molar-refractivity contribution in [3.8, 4) is 5.88 Å². The van der Waals surface area contributed by atoms with E-state index in [0.29, 0.717) is 16.5 Å². The van der Waals surface area contributed by atoms with E-state index in [2.05, 4.69) is 25.6 Å². The molecular weight excluding hydrogens is 506 g/mol. The van der Waals surface area contributed by atoms with E-state index in [4.69, 9.17) is 9.47 Å². The van der Waals surface area contributed by atoms with Crippen LogP contribution in [0.2, 0.25) is 0 Å². The van der Waals surface area contributed by atoms with Crippen LogP contribution in [0.1, 0.15) is 55.1 Å². The summed E-state index contributed by atoms with van der Waals surface area (Å²) in [5.74, 6) is -2.30. The highest BCUT2D eigenvalue weighted by atomic mass is 16.5. The highest BCUT2D eigenvalue weighted by molar-refractivity contribution is 5.97. The fourth-order valence-electron chi connectivity index (χ4n) is 3.48. The van der Waals surface area contributed by atoms with E-state index in [9.17, 15) is 24.3 Å². The van der Waals surface area contributed by atoms with Crippen molar-refractivity contribution in [3.63, 3.8) is 0 Å². The summed E-state index contributed by atoms with van der Waals surface area (Å²) < 4.78 is 9.91. The van der Waals surface area contributed by atoms with Gasteiger partial charge in [0.25, 0.3) is 5.91 Å². The van der Waals surface area contributed by atoms with E-state index in [1.165, 1.54) is 6.92 Å². The summed E-state index contributed by atoms with van der Waals surface area (Å²) in [6.45, 7) is 5.02. The molecule has 0 unspecified atom stereocenters. The van der Waals surface area contributed by atoms with Crippen LogP contribution in [-0.4, -0.2) is 63.1 Å². The summed E-state index contributed by atoms with van der Waals surface area (Å²) >= 11 is 0. The van der Waals surface area contributed by atoms with Crippen LogP contribution in [0.3, 0.4) is 0 Å². The number of hydrogen-bond acceptors (Lipinski definition) is 10. The van der Waals surface area contributed by atoms with Gasteiger partial charge in [0.15, 0.2) is 5.65 Å². The molecule has 0 spiro atoms. The third-order valence-corrected chi connectivity index (χ3v) is 5.30. The minimum absolute atomic E-state index is 0.0364. The lowest BCUT2D eigenvalue weighted by atomic mass is 10.1. The maximum Gasteiger partial charge on any atom is 0.328 e. The third-order valence-electron chi connectivity index (χ3n) is 5.30. The zero-order chi connectivity index (χ0) is 28.4. The Labute approximate surface area is 224 Å². The number of hydrogen-bond donors (Lipinski definition) is 3. The minimum atomic E-state index is -0.989. The number of rotatable bonds is 11. The molecule has 1 atom stereocenters. The SMILES string of the molecule is CCOC(=O)CC[C@H](NC(=O)c1ccc(C=Cc2cnc3nc(NC(C)=O)nc(O)c3c2)cc1)C(=O)OCC. The molecule has 0 saturated heterocycles. The van der Waals surface area contributed by atoms with Crippen molar-refractivity contribution in [2.24, 2.45) is 0 Å². The summed E-state index contributed by atoms with van der Waals surface area (Å²) in [7, 11) is 0. The van der Waals surface area contributed by atoms with Crippen molar-refractivity contribution in [3.05, 3.63) is 53.2 Å². The molecule has 0 bridgehead atoms. The number of aromatic hydroxyl groups is 1. The number of carbonyl (C=O) groups is 4. The number of esters is 2. The summed E-state index contributed by atoms with van der Waals surface area (Å²) in [5.41, 5.74) is 1.98. The Morgan fingerprint density at radius 3 is 2.36 bits per heavy atom. The number of fused-ring (bicyclic) bond motifs is 1. The summed E-state index contributed by atoms with van der Waals surface area (Å²) in [5, 5.41) is 15.6. The number of aromatic nitrogens is 3. The topological polar surface area (TPSA) is 170 Å². The Morgan fingerprint density at radius 1 is 1.00 bits per heavy atom. The minimum Gasteiger partial charge on any atom is -0.493 e. The Hall–Kier alpha value is -4.87. The van der Waals surface area contributed by atoms with Crippen LogP contribution in [0.15, 0.2) is 36.5 Å². The maximum atomic E-state index is 12.7. The molecule has 0 radical (unpaired) electrons. The van der Waals surface area contributed by atoms with Crippen LogP contribution in [0, 0.1) is 0 Å². The molecular formula is C27H29N5O7. The lowest BCUT2D eigenvalue weighted by Crippen LogP contribution is -2.42. The van der Waals surface area contributed by atoms with Crippen LogP contribution >= 0.6 is 0 Å². The smallest absolute Gasteiger partial charge is 0.328 e. The number of amides is 2. The van der Waals surface area contributed by atoms with Crippen LogP contribution in [0.25, 0.3) is 23.2 Å². The molecule has 0 saturated carbocycles. The van der Waals surface area contributed by atoms with Gasteiger partial charge in [-0.15, -0.1) is 0 Å². The molecule has 1 aromatic carbocycles. The monoisotopic (exact) mass is 535 g/mol. The molecule has 0 aliphatic heterocycles. The van der Waals surface area contributed by atoms with E-state index in [1.807, 2.05) is 0 Å². The molecule has 0 aliphatic rings. The van der Waals surface area contributed by atoms with Crippen molar-refractivity contribution in [2.75, 3.05) is 18.5 Å². The van der Waals surface area contributed by atoms with Crippen molar-refractivity contribution < 1.29 is 33.8 Å². The lowest BCUT2D eigenvalue weighted by Gasteiger charge is -2.17. The molecule has 0 aliphatic carbocycles. The second-order valence-electron chi connectivity index (χ2n) is 8.27. The average molecular weight is 536 g/mol. The van der Waals surface area contributed by atoms with Gasteiger partial charge in [-0.05, 0) is 49.6 Å². The number of benzene rings is 1. The van der Waals surface area contributed by atoms with Gasteiger partial charge in [0.05, 0.1) is 18.6 Å². The molecule has 0 fully saturated rings. The van der Waals surface area contributed by atoms with Crippen LogP contribution in [-0.2, 0) is 23.9 Å². The first-order chi connectivity index (χ1) is 18.7. The van der Waals surface area contributed by atoms with Crippen molar-refractivity contribution in [2.45, 2.75) is 39.7 Å². The van der Waals surface area contributed by atoms with E-state index >= 15 is 0 Å². The van der Waals surface area contributed by atoms with E-state index in [1.54, 1.807) is 62.5 Å². The van der Waals surface area contributed by atoms with Crippen LogP contribution < -0.4 is 10.6 Å². The zero-order valence-corrected chi connectivity index (χ0v) is 21.8. The van der Waals surface area contributed by atoms with Gasteiger partial charge in [-0.25, -0.2) is 9.78 Å². The van der Waals surface area contributed by atoms with Gasteiger partial charge in [0, 0.05) is 25.1 Å². The summed E-state index contributed by atoms with van der Waals surface area (Å²) in [4.78, 5) is 60.1. The van der Waals surface area contributed by atoms with Crippen molar-refractivity contribution >= 4 is 52.9 Å². The highest BCUT2D eigenvalue weighted by Gasteiger charge is 2.24. The Kier molecular flexibility index (Phi) is 10.0. The van der Waals surface area contributed by atoms with Gasteiger partial charge in [-0.1, -0.05) is 24.3 Å². The fourth-order valence-corrected chi connectivity index (χ4v) is 3.48. The predicted octanol–water partition coefficient (Wildman–Crippen LogP) is 2.86. The van der Waals surface area contributed by atoms with Gasteiger partial charge in [-0.3, -0.25) is 19.7 Å². The van der Waals surface area contributed by atoms with E-state index in [-0.39, 0.29) is 49.4 Å². The quantitative estimate of drug-likeness (QED) is 0.310. The molecule has 3 N–H and O–H groups in total. The van der Waals surface area contributed by atoms with Gasteiger partial charge >= 0.3 is 11.9 Å². The number of nitrogens with one attached hydrogen (secondary N) is 2. The zero-order valence-electron chi connectivity index (χ0n) is 21.8. The average Bonchev–Trinajstić information content (AvgIpc) is 2.90. The molecule has 2 amide bonds. The number of nitrogens with zero attached hydrogens (tertiary/aromatic N) is 3. The summed E-state index contributed by atoms with van der Waals surface area (Å²) in [6.07, 6.45) is 5.12. The molecule has 12 nitrogen and oxygen atoms in total. The first-order valence-electron chi connectivity index (χ1n) is 12.3. The molecule has 204 valence electrons. The molecule has 39 heavy (non-hydrogen) atoms. The van der Waals surface area contributed by atoms with Gasteiger partial charge in [-0.2, -0.15) is 9.97 Å². The van der Waals surface area contributed by atoms with Gasteiger partial charge in [0.1, 0.15) is 6.04 Å². The highest BCUT2D eigenvalue weighted by Crippen LogP contribution is 2.23. The lowest BCUT2D eigenvalue weighted by molar-refractivity contribution is -0.146. The number of carbonyl (C=O) groups excluding carboxylic acids is 4. The van der Waals surface area contributed by atoms with Gasteiger partial charge < -0.3 is 19.9 Å². The maximum absolute atomic E-state index is 12.7. The first-order valence-corrected chi connectivity index (χ1v) is 12.3. The third kappa shape index (κ3) is 8.32. The molecule has 12 heteroatoms. The predicted molar refractivity (Wildman–Crippen MR) is 142 cm³/mol. The second kappa shape index (κ2) is 13.6. The van der Waals surface area contributed by atoms with Crippen molar-refractivity contribution in [1.82, 2.24) is 20.3 Å². The van der Waals surface area contributed by atoms with E-state index < -0.39 is 23.9 Å². The molecule has 2 aromatic heterocycles. The van der Waals surface area contributed by atoms with Gasteiger partial charge in [0.2, 0.25) is 17.7 Å². The standard InChI is InChI=1S/C27H29N5O7/c1-4-38-22(34)13-12-21(26(37)39-5-2)30-24(35)19-10-8-17(9-11-19)6-7-18-14-20-23(28-15-18)31-27(29-16(3)33)32-25(20)36/h6-11,14-15,21H,4-5,12-13H2,1-3H3,(H,30,35)(H2,28,29,31,32,33,36)/t21-/m0/s1. The number of pyridine rings is 1. The second-order valence-corrected chi connectivity index (χ2v) is 8.27. The fraction of sp³-hybridized carbons (Fsp3) is 0.296. The Balaban J connectivity index is 1.68. The van der Waals surface area contributed by atoms with Crippen molar-refractivity contribution in [1.29, 1.82) is 0 Å². The number of anilines is 1. The largest absolute Gasteiger partial charge is 0.493 e.